The van der Waals surface area contributed by atoms with Gasteiger partial charge in [0, 0.05) is 10.7 Å². The van der Waals surface area contributed by atoms with Crippen molar-refractivity contribution in [1.29, 1.82) is 0 Å². The third kappa shape index (κ3) is 8.17. The zero-order valence-electron chi connectivity index (χ0n) is 5.19. The van der Waals surface area contributed by atoms with Gasteiger partial charge in [-0.2, -0.15) is 0 Å². The standard InChI is InChI=1S/C4H8ClFO2S/c1-4(2,6)3-9(5,7)8/h3H2,1-2H3. The van der Waals surface area contributed by atoms with Gasteiger partial charge in [-0.15, -0.1) is 0 Å². The van der Waals surface area contributed by atoms with Gasteiger partial charge < -0.3 is 0 Å². The van der Waals surface area contributed by atoms with Crippen molar-refractivity contribution in [2.45, 2.75) is 19.5 Å². The van der Waals surface area contributed by atoms with Crippen molar-refractivity contribution in [2.75, 3.05) is 5.75 Å². The number of hydrogen-bond acceptors (Lipinski definition) is 2. The Morgan fingerprint density at radius 2 is 1.89 bits per heavy atom. The summed E-state index contributed by atoms with van der Waals surface area (Å²) in [4.78, 5) is 0. The van der Waals surface area contributed by atoms with Crippen LogP contribution in [0.4, 0.5) is 4.39 Å². The van der Waals surface area contributed by atoms with Crippen LogP contribution in [0.25, 0.3) is 0 Å². The number of hydrogen-bond donors (Lipinski definition) is 0. The van der Waals surface area contributed by atoms with Crippen LogP contribution in [0.3, 0.4) is 0 Å². The molecule has 0 fully saturated rings. The molecule has 0 amide bonds. The molecule has 0 rings (SSSR count). The summed E-state index contributed by atoms with van der Waals surface area (Å²) in [6.07, 6.45) is 0. The summed E-state index contributed by atoms with van der Waals surface area (Å²) >= 11 is 0. The van der Waals surface area contributed by atoms with Crippen LogP contribution in [0.15, 0.2) is 0 Å². The maximum atomic E-state index is 12.4. The second-order valence-electron chi connectivity index (χ2n) is 2.40. The van der Waals surface area contributed by atoms with Crippen molar-refractivity contribution in [3.63, 3.8) is 0 Å². The van der Waals surface area contributed by atoms with E-state index in [1.165, 1.54) is 0 Å². The van der Waals surface area contributed by atoms with Crippen LogP contribution in [0.2, 0.25) is 0 Å². The molecule has 0 saturated carbocycles. The van der Waals surface area contributed by atoms with Gasteiger partial charge in [-0.3, -0.25) is 0 Å². The summed E-state index contributed by atoms with van der Waals surface area (Å²) in [7, 11) is 1.07. The number of alkyl halides is 1. The molecule has 0 aromatic carbocycles. The summed E-state index contributed by atoms with van der Waals surface area (Å²) in [5.74, 6) is -0.637. The highest BCUT2D eigenvalue weighted by Crippen LogP contribution is 2.13. The number of halogens is 2. The Morgan fingerprint density at radius 1 is 1.56 bits per heavy atom. The summed E-state index contributed by atoms with van der Waals surface area (Å²) in [6.45, 7) is 2.32. The van der Waals surface area contributed by atoms with Crippen molar-refractivity contribution < 1.29 is 12.8 Å². The Hall–Kier alpha value is 0.170. The van der Waals surface area contributed by atoms with Crippen LogP contribution in [0.5, 0.6) is 0 Å². The Labute approximate surface area is 58.4 Å². The predicted octanol–water partition coefficient (Wildman–Crippen LogP) is 1.30. The molecule has 0 aliphatic heterocycles. The largest absolute Gasteiger partial charge is 0.243 e. The average molecular weight is 175 g/mol. The molecular weight excluding hydrogens is 167 g/mol. The van der Waals surface area contributed by atoms with E-state index >= 15 is 0 Å². The first-order valence-electron chi connectivity index (χ1n) is 2.32. The summed E-state index contributed by atoms with van der Waals surface area (Å²) in [5, 5.41) is 0. The van der Waals surface area contributed by atoms with Crippen LogP contribution in [0.1, 0.15) is 13.8 Å². The Kier molecular flexibility index (Phi) is 2.47. The van der Waals surface area contributed by atoms with Crippen LogP contribution >= 0.6 is 10.7 Å². The highest BCUT2D eigenvalue weighted by atomic mass is 35.7. The molecule has 0 atom stereocenters. The Bertz CT molecular complexity index is 179. The maximum absolute atomic E-state index is 12.4. The zero-order chi connectivity index (χ0) is 7.71. The van der Waals surface area contributed by atoms with Gasteiger partial charge in [-0.25, -0.2) is 12.8 Å². The van der Waals surface area contributed by atoms with Crippen LogP contribution in [0, 0.1) is 0 Å². The van der Waals surface area contributed by atoms with E-state index in [2.05, 4.69) is 0 Å². The van der Waals surface area contributed by atoms with E-state index in [4.69, 9.17) is 10.7 Å². The molecule has 0 aliphatic carbocycles. The SMILES string of the molecule is CC(C)(F)CS(=O)(=O)Cl. The van der Waals surface area contributed by atoms with Crippen molar-refractivity contribution in [3.8, 4) is 0 Å². The molecular formula is C4H8ClFO2S. The molecule has 0 heterocycles. The normalized spacial score (nSPS) is 13.8. The molecule has 0 radical (unpaired) electrons. The van der Waals surface area contributed by atoms with E-state index in [9.17, 15) is 12.8 Å². The van der Waals surface area contributed by atoms with Crippen molar-refractivity contribution in [2.24, 2.45) is 0 Å². The van der Waals surface area contributed by atoms with E-state index in [0.717, 1.165) is 13.8 Å². The zero-order valence-corrected chi connectivity index (χ0v) is 6.76. The first-order valence-corrected chi connectivity index (χ1v) is 4.80. The Morgan fingerprint density at radius 3 is 1.89 bits per heavy atom. The van der Waals surface area contributed by atoms with E-state index in [-0.39, 0.29) is 0 Å². The van der Waals surface area contributed by atoms with Gasteiger partial charge >= 0.3 is 0 Å². The highest BCUT2D eigenvalue weighted by Gasteiger charge is 2.23. The molecule has 0 bridgehead atoms. The van der Waals surface area contributed by atoms with E-state index in [1.54, 1.807) is 0 Å². The quantitative estimate of drug-likeness (QED) is 0.592. The first-order chi connectivity index (χ1) is 3.71. The van der Waals surface area contributed by atoms with Gasteiger partial charge in [0.1, 0.15) is 5.67 Å². The molecule has 56 valence electrons. The van der Waals surface area contributed by atoms with Crippen molar-refractivity contribution in [1.82, 2.24) is 0 Å². The van der Waals surface area contributed by atoms with Crippen molar-refractivity contribution >= 4 is 19.7 Å². The fourth-order valence-electron chi connectivity index (χ4n) is 0.410. The molecule has 0 saturated heterocycles. The third-order valence-corrected chi connectivity index (χ3v) is 1.87. The molecule has 5 heteroatoms. The molecule has 9 heavy (non-hydrogen) atoms. The summed E-state index contributed by atoms with van der Waals surface area (Å²) in [6, 6.07) is 0. The van der Waals surface area contributed by atoms with Gasteiger partial charge in [0.25, 0.3) is 0 Å². The van der Waals surface area contributed by atoms with Gasteiger partial charge in [0.15, 0.2) is 0 Å². The molecule has 0 aliphatic rings. The average Bonchev–Trinajstić information content (AvgIpc) is 1.14. The van der Waals surface area contributed by atoms with Crippen LogP contribution in [-0.4, -0.2) is 19.8 Å². The third-order valence-electron chi connectivity index (χ3n) is 0.516. The Balaban J connectivity index is 4.07. The lowest BCUT2D eigenvalue weighted by atomic mass is 10.2. The van der Waals surface area contributed by atoms with E-state index in [1.807, 2.05) is 0 Å². The molecule has 2 nitrogen and oxygen atoms in total. The van der Waals surface area contributed by atoms with Gasteiger partial charge in [-0.1, -0.05) is 0 Å². The summed E-state index contributed by atoms with van der Waals surface area (Å²) < 4.78 is 32.8. The first kappa shape index (κ1) is 9.17. The van der Waals surface area contributed by atoms with E-state index < -0.39 is 20.5 Å². The second-order valence-corrected chi connectivity index (χ2v) is 5.18. The van der Waals surface area contributed by atoms with Crippen LogP contribution < -0.4 is 0 Å². The minimum Gasteiger partial charge on any atom is -0.243 e. The molecule has 0 spiro atoms. The van der Waals surface area contributed by atoms with Crippen molar-refractivity contribution in [3.05, 3.63) is 0 Å². The minimum atomic E-state index is -3.68. The fraction of sp³-hybridized carbons (Fsp3) is 1.00. The molecule has 0 N–H and O–H groups in total. The predicted molar refractivity (Wildman–Crippen MR) is 34.8 cm³/mol. The monoisotopic (exact) mass is 174 g/mol. The number of rotatable bonds is 2. The van der Waals surface area contributed by atoms with Gasteiger partial charge in [0.05, 0.1) is 5.75 Å². The van der Waals surface area contributed by atoms with Gasteiger partial charge in [-0.05, 0) is 13.8 Å². The maximum Gasteiger partial charge on any atom is 0.235 e. The smallest absolute Gasteiger partial charge is 0.235 e. The highest BCUT2D eigenvalue weighted by molar-refractivity contribution is 8.13. The lowest BCUT2D eigenvalue weighted by Gasteiger charge is -2.09. The van der Waals surface area contributed by atoms with E-state index in [0.29, 0.717) is 0 Å². The summed E-state index contributed by atoms with van der Waals surface area (Å²) in [5.41, 5.74) is -1.74. The molecule has 0 unspecified atom stereocenters. The topological polar surface area (TPSA) is 34.1 Å². The minimum absolute atomic E-state index is 0.637. The lowest BCUT2D eigenvalue weighted by Crippen LogP contribution is -2.22. The molecule has 0 aromatic heterocycles. The lowest BCUT2D eigenvalue weighted by molar-refractivity contribution is 0.250. The van der Waals surface area contributed by atoms with Gasteiger partial charge in [0.2, 0.25) is 9.05 Å². The fourth-order valence-corrected chi connectivity index (χ4v) is 2.01. The molecule has 0 aromatic rings. The second kappa shape index (κ2) is 2.42. The van der Waals surface area contributed by atoms with Crippen LogP contribution in [-0.2, 0) is 9.05 Å².